The van der Waals surface area contributed by atoms with Crippen molar-refractivity contribution >= 4 is 62.6 Å². The molecule has 13 heteroatoms. The van der Waals surface area contributed by atoms with E-state index in [9.17, 15) is 29.1 Å². The van der Waals surface area contributed by atoms with Gasteiger partial charge in [-0.2, -0.15) is 0 Å². The van der Waals surface area contributed by atoms with Crippen LogP contribution >= 0.6 is 0 Å². The highest BCUT2D eigenvalue weighted by atomic mass is 16.5. The van der Waals surface area contributed by atoms with Crippen molar-refractivity contribution in [1.82, 2.24) is 25.3 Å². The fraction of sp³-hybridized carbons (Fsp3) is 0.465. The number of aromatic amines is 2. The van der Waals surface area contributed by atoms with Gasteiger partial charge in [0.05, 0.1) is 36.2 Å². The first kappa shape index (κ1) is 41.7. The van der Waals surface area contributed by atoms with Crippen LogP contribution in [-0.2, 0) is 48.0 Å². The topological polar surface area (TPSA) is 204 Å². The summed E-state index contributed by atoms with van der Waals surface area (Å²) in [6.07, 6.45) is 1.36. The molecule has 8 bridgehead atoms. The van der Waals surface area contributed by atoms with E-state index in [-0.39, 0.29) is 86.8 Å². The number of aliphatic hydroxyl groups is 1. The Kier molecular flexibility index (Phi) is 13.4. The van der Waals surface area contributed by atoms with E-state index in [1.807, 2.05) is 19.1 Å². The second kappa shape index (κ2) is 18.0. The molecule has 0 fully saturated rings. The zero-order chi connectivity index (χ0) is 40.8. The molecule has 5 rings (SSSR count). The van der Waals surface area contributed by atoms with E-state index in [0.29, 0.717) is 28.2 Å². The molecule has 13 nitrogen and oxygen atoms in total. The fourth-order valence-electron chi connectivity index (χ4n) is 7.89. The van der Waals surface area contributed by atoms with Crippen LogP contribution in [0.1, 0.15) is 129 Å². The lowest BCUT2D eigenvalue weighted by Gasteiger charge is -2.18. The minimum absolute atomic E-state index is 0.000530. The summed E-state index contributed by atoms with van der Waals surface area (Å²) < 4.78 is 5.16. The maximum atomic E-state index is 14.3. The number of esters is 1. The number of hydrogen-bond acceptors (Lipinski definition) is 9. The Morgan fingerprint density at radius 3 is 2.00 bits per heavy atom. The zero-order valence-electron chi connectivity index (χ0n) is 33.4. The van der Waals surface area contributed by atoms with E-state index >= 15 is 0 Å². The Morgan fingerprint density at radius 2 is 1.41 bits per heavy atom. The van der Waals surface area contributed by atoms with Crippen LogP contribution in [-0.4, -0.2) is 79.8 Å². The lowest BCUT2D eigenvalue weighted by Crippen LogP contribution is -2.27. The summed E-state index contributed by atoms with van der Waals surface area (Å²) in [5, 5.41) is 21.6. The van der Waals surface area contributed by atoms with Crippen molar-refractivity contribution in [3.05, 3.63) is 68.8 Å². The number of aryl methyl sites for hydroxylation is 4. The molecule has 0 saturated heterocycles. The van der Waals surface area contributed by atoms with Gasteiger partial charge in [-0.05, 0) is 86.1 Å². The monoisotopic (exact) mass is 767 g/mol. The number of nitrogens with zero attached hydrogens (tertiary/aromatic N) is 2. The van der Waals surface area contributed by atoms with Crippen LogP contribution in [0.2, 0.25) is 0 Å². The molecule has 0 spiro atoms. The number of H-pyrrole nitrogens is 2. The molecule has 0 aromatic carbocycles. The normalized spacial score (nSPS) is 15.2. The van der Waals surface area contributed by atoms with Crippen LogP contribution in [0.25, 0.3) is 33.2 Å². The molecule has 3 aromatic rings. The van der Waals surface area contributed by atoms with Crippen molar-refractivity contribution in [3.63, 3.8) is 0 Å². The summed E-state index contributed by atoms with van der Waals surface area (Å²) in [4.78, 5) is 81.3. The first-order valence-electron chi connectivity index (χ1n) is 19.4. The van der Waals surface area contributed by atoms with Crippen LogP contribution in [0.4, 0.5) is 0 Å². The number of aromatic nitrogens is 4. The quantitative estimate of drug-likeness (QED) is 0.104. The van der Waals surface area contributed by atoms with Gasteiger partial charge in [0.15, 0.2) is 0 Å². The van der Waals surface area contributed by atoms with E-state index in [2.05, 4.69) is 49.0 Å². The van der Waals surface area contributed by atoms with Gasteiger partial charge < -0.3 is 30.2 Å². The molecule has 56 heavy (non-hydrogen) atoms. The zero-order valence-corrected chi connectivity index (χ0v) is 33.4. The number of nitrogens with one attached hydrogen (secondary N) is 3. The molecule has 1 amide bonds. The standard InChI is InChI=1S/C43H53N5O8/c1-8-28-22(3)32-19-34-24(5)30(12-13-38(52)53)41(47-34)31(18-39(54)56-7)42-40(43(55)44-16-14-26(50)10-11-27(51)15-17-49)25(6)35(48-42)21-37-29(9-2)23(4)33(46-37)20-36(28)45-32/h19-21,24,30,45-46,49H,8-18H2,1-7H3,(H,44,55)(H,52,53). The largest absolute Gasteiger partial charge is 0.481 e. The number of amides is 1. The van der Waals surface area contributed by atoms with E-state index < -0.39 is 23.8 Å². The van der Waals surface area contributed by atoms with Crippen molar-refractivity contribution in [2.24, 2.45) is 0 Å². The molecule has 2 unspecified atom stereocenters. The molecule has 2 aliphatic heterocycles. The predicted molar refractivity (Wildman–Crippen MR) is 214 cm³/mol. The summed E-state index contributed by atoms with van der Waals surface area (Å²) in [6.45, 7) is 11.8. The molecular weight excluding hydrogens is 714 g/mol. The number of methoxy groups -OCH3 is 1. The van der Waals surface area contributed by atoms with Gasteiger partial charge in [0.1, 0.15) is 11.6 Å². The van der Waals surface area contributed by atoms with E-state index in [4.69, 9.17) is 19.8 Å². The van der Waals surface area contributed by atoms with Crippen LogP contribution in [0, 0.1) is 13.8 Å². The lowest BCUT2D eigenvalue weighted by atomic mass is 9.84. The molecule has 2 aliphatic rings. The SMILES string of the molecule is CCc1c(C)c2cc3[nH]c(cc4nc(c(CC(=O)OC)c5nc(cc1[nH]2)C(C)=C5C(=O)NCCC(=O)CCC(=O)CCO)C(CCC(=O)O)C4C)c(C)c3CC. The Labute approximate surface area is 326 Å². The molecule has 5 heterocycles. The fourth-order valence-corrected chi connectivity index (χ4v) is 7.89. The summed E-state index contributed by atoms with van der Waals surface area (Å²) in [5.74, 6) is -3.13. The maximum absolute atomic E-state index is 14.3. The number of ether oxygens (including phenoxy) is 1. The smallest absolute Gasteiger partial charge is 0.310 e. The molecule has 0 radical (unpaired) electrons. The van der Waals surface area contributed by atoms with E-state index in [1.165, 1.54) is 12.7 Å². The van der Waals surface area contributed by atoms with Gasteiger partial charge >= 0.3 is 11.9 Å². The Hall–Kier alpha value is -5.43. The van der Waals surface area contributed by atoms with Crippen LogP contribution in [0.5, 0.6) is 0 Å². The number of hydrogen-bond donors (Lipinski definition) is 5. The molecule has 298 valence electrons. The van der Waals surface area contributed by atoms with Crippen molar-refractivity contribution in [2.45, 2.75) is 111 Å². The number of carbonyl (C=O) groups is 5. The number of carboxylic acids is 1. The second-order valence-electron chi connectivity index (χ2n) is 14.6. The van der Waals surface area contributed by atoms with Crippen molar-refractivity contribution < 1.29 is 38.9 Å². The second-order valence-corrected chi connectivity index (χ2v) is 14.6. The van der Waals surface area contributed by atoms with Crippen LogP contribution < -0.4 is 5.32 Å². The molecule has 3 aromatic heterocycles. The van der Waals surface area contributed by atoms with Gasteiger partial charge in [0.25, 0.3) is 5.91 Å². The highest BCUT2D eigenvalue weighted by molar-refractivity contribution is 6.27. The van der Waals surface area contributed by atoms with Crippen molar-refractivity contribution in [1.29, 1.82) is 0 Å². The average Bonchev–Trinajstić information content (AvgIpc) is 3.84. The molecular formula is C43H53N5O8. The number of Topliss-reactive ketones (excluding diaryl/α,β-unsaturated/α-hetero) is 2. The maximum Gasteiger partial charge on any atom is 0.310 e. The predicted octanol–water partition coefficient (Wildman–Crippen LogP) is 6.26. The molecule has 2 atom stereocenters. The number of rotatable bonds is 16. The van der Waals surface area contributed by atoms with Gasteiger partial charge in [-0.15, -0.1) is 0 Å². The van der Waals surface area contributed by atoms with Gasteiger partial charge in [-0.1, -0.05) is 20.8 Å². The summed E-state index contributed by atoms with van der Waals surface area (Å²) in [5.41, 5.74) is 11.0. The summed E-state index contributed by atoms with van der Waals surface area (Å²) >= 11 is 0. The first-order chi connectivity index (χ1) is 26.7. The number of aliphatic hydroxyl groups excluding tert-OH is 1. The average molecular weight is 768 g/mol. The minimum atomic E-state index is -0.964. The number of carboxylic acid groups (broad SMARTS) is 1. The number of aliphatic carboxylic acids is 1. The van der Waals surface area contributed by atoms with Gasteiger partial charge in [0, 0.05) is 90.4 Å². The lowest BCUT2D eigenvalue weighted by molar-refractivity contribution is -0.140. The molecule has 0 saturated carbocycles. The Morgan fingerprint density at radius 1 is 0.804 bits per heavy atom. The number of allylic oxidation sites excluding steroid dienone is 1. The third-order valence-corrected chi connectivity index (χ3v) is 11.2. The number of fused-ring (bicyclic) bond motifs is 8. The van der Waals surface area contributed by atoms with Crippen molar-refractivity contribution in [3.8, 4) is 0 Å². The van der Waals surface area contributed by atoms with Gasteiger partial charge in [0.2, 0.25) is 0 Å². The third-order valence-electron chi connectivity index (χ3n) is 11.2. The minimum Gasteiger partial charge on any atom is -0.481 e. The van der Waals surface area contributed by atoms with E-state index in [0.717, 1.165) is 51.6 Å². The highest BCUT2D eigenvalue weighted by Crippen LogP contribution is 2.44. The van der Waals surface area contributed by atoms with Crippen LogP contribution in [0.15, 0.2) is 18.2 Å². The number of ketones is 2. The Balaban J connectivity index is 1.80. The molecule has 5 N–H and O–H groups in total. The number of carbonyl (C=O) groups excluding carboxylic acids is 4. The van der Waals surface area contributed by atoms with E-state index in [1.54, 1.807) is 6.92 Å². The third kappa shape index (κ3) is 8.83. The van der Waals surface area contributed by atoms with Crippen LogP contribution in [0.3, 0.4) is 0 Å². The van der Waals surface area contributed by atoms with Gasteiger partial charge in [-0.25, -0.2) is 4.98 Å². The Bertz CT molecular complexity index is 2260. The summed E-state index contributed by atoms with van der Waals surface area (Å²) in [7, 11) is 1.28. The summed E-state index contributed by atoms with van der Waals surface area (Å²) in [6, 6.07) is 6.02. The molecule has 0 aliphatic carbocycles. The highest BCUT2D eigenvalue weighted by Gasteiger charge is 2.35. The first-order valence-corrected chi connectivity index (χ1v) is 19.4. The van der Waals surface area contributed by atoms with Crippen molar-refractivity contribution in [2.75, 3.05) is 20.3 Å². The van der Waals surface area contributed by atoms with Gasteiger partial charge in [-0.3, -0.25) is 29.0 Å².